The minimum Gasteiger partial charge on any atom is -0.272 e. The van der Waals surface area contributed by atoms with Crippen LogP contribution in [-0.4, -0.2) is 37.6 Å². The molecule has 7 nitrogen and oxygen atoms in total. The summed E-state index contributed by atoms with van der Waals surface area (Å²) in [5.41, 5.74) is 7.37. The van der Waals surface area contributed by atoms with Gasteiger partial charge in [0, 0.05) is 11.1 Å². The van der Waals surface area contributed by atoms with Crippen LogP contribution in [0.4, 0.5) is 0 Å². The Balaban J connectivity index is 1.42. The number of thioether (sulfide) groups is 1. The van der Waals surface area contributed by atoms with Gasteiger partial charge in [0.2, 0.25) is 5.16 Å². The quantitative estimate of drug-likeness (QED) is 0.598. The number of fused-ring (bicyclic) bond motifs is 2. The lowest BCUT2D eigenvalue weighted by molar-refractivity contribution is -0.118. The van der Waals surface area contributed by atoms with Crippen molar-refractivity contribution in [2.24, 2.45) is 21.8 Å². The Labute approximate surface area is 175 Å². The van der Waals surface area contributed by atoms with Crippen molar-refractivity contribution >= 4 is 23.4 Å². The SMILES string of the molecule is Cc1cccc(C)c1-n1nnnc1SCC(=O)N/N=C1\CC2CCC1(C)C2(C)C. The minimum atomic E-state index is -0.136. The maximum Gasteiger partial charge on any atom is 0.250 e. The molecule has 1 aromatic carbocycles. The van der Waals surface area contributed by atoms with Gasteiger partial charge in [0.05, 0.1) is 11.4 Å². The largest absolute Gasteiger partial charge is 0.272 e. The Hall–Kier alpha value is -2.22. The fraction of sp³-hybridized carbons (Fsp3) is 0.571. The monoisotopic (exact) mass is 412 g/mol. The van der Waals surface area contributed by atoms with Crippen molar-refractivity contribution in [2.75, 3.05) is 5.75 Å². The molecule has 8 heteroatoms. The van der Waals surface area contributed by atoms with Crippen LogP contribution in [0.2, 0.25) is 0 Å². The van der Waals surface area contributed by atoms with Gasteiger partial charge < -0.3 is 0 Å². The lowest BCUT2D eigenvalue weighted by Crippen LogP contribution is -2.34. The maximum atomic E-state index is 12.4. The first-order valence-corrected chi connectivity index (χ1v) is 11.1. The first-order chi connectivity index (χ1) is 13.7. The third kappa shape index (κ3) is 3.27. The van der Waals surface area contributed by atoms with Crippen molar-refractivity contribution in [3.05, 3.63) is 29.3 Å². The summed E-state index contributed by atoms with van der Waals surface area (Å²) in [6.07, 6.45) is 3.40. The summed E-state index contributed by atoms with van der Waals surface area (Å²) < 4.78 is 1.70. The molecular formula is C21H28N6OS. The number of nitrogens with zero attached hydrogens (tertiary/aromatic N) is 5. The number of aromatic nitrogens is 4. The van der Waals surface area contributed by atoms with Gasteiger partial charge in [0.25, 0.3) is 5.91 Å². The molecule has 2 aliphatic rings. The number of carbonyl (C=O) groups is 1. The van der Waals surface area contributed by atoms with Gasteiger partial charge in [0.1, 0.15) is 0 Å². The van der Waals surface area contributed by atoms with Crippen LogP contribution in [0.25, 0.3) is 5.69 Å². The summed E-state index contributed by atoms with van der Waals surface area (Å²) in [6.45, 7) is 11.0. The summed E-state index contributed by atoms with van der Waals surface area (Å²) in [5.74, 6) is 0.744. The lowest BCUT2D eigenvalue weighted by atomic mass is 9.70. The van der Waals surface area contributed by atoms with Crippen LogP contribution in [0.3, 0.4) is 0 Å². The number of hydrogen-bond acceptors (Lipinski definition) is 6. The van der Waals surface area contributed by atoms with E-state index in [1.807, 2.05) is 32.0 Å². The van der Waals surface area contributed by atoms with Crippen LogP contribution in [0, 0.1) is 30.6 Å². The number of nitrogens with one attached hydrogen (secondary N) is 1. The summed E-state index contributed by atoms with van der Waals surface area (Å²) in [7, 11) is 0. The molecule has 2 aromatic rings. The summed E-state index contributed by atoms with van der Waals surface area (Å²) >= 11 is 1.32. The van der Waals surface area contributed by atoms with Gasteiger partial charge in [0.15, 0.2) is 0 Å². The third-order valence-corrected chi connectivity index (χ3v) is 8.17. The summed E-state index contributed by atoms with van der Waals surface area (Å²) in [5, 5.41) is 17.1. The second kappa shape index (κ2) is 7.23. The van der Waals surface area contributed by atoms with Crippen LogP contribution in [0.1, 0.15) is 51.2 Å². The van der Waals surface area contributed by atoms with Gasteiger partial charge in [-0.1, -0.05) is 50.7 Å². The number of carbonyl (C=O) groups excluding carboxylic acids is 1. The molecular weight excluding hydrogens is 384 g/mol. The summed E-state index contributed by atoms with van der Waals surface area (Å²) in [6, 6.07) is 6.06. The van der Waals surface area contributed by atoms with E-state index < -0.39 is 0 Å². The van der Waals surface area contributed by atoms with Crippen molar-refractivity contribution < 1.29 is 4.79 Å². The highest BCUT2D eigenvalue weighted by atomic mass is 32.2. The van der Waals surface area contributed by atoms with E-state index in [0.717, 1.165) is 35.4 Å². The van der Waals surface area contributed by atoms with Gasteiger partial charge >= 0.3 is 0 Å². The minimum absolute atomic E-state index is 0.0878. The van der Waals surface area contributed by atoms with Crippen molar-refractivity contribution in [1.29, 1.82) is 0 Å². The Morgan fingerprint density at radius 1 is 1.31 bits per heavy atom. The van der Waals surface area contributed by atoms with E-state index in [-0.39, 0.29) is 22.5 Å². The zero-order valence-electron chi connectivity index (χ0n) is 17.7. The van der Waals surface area contributed by atoms with Gasteiger partial charge in [-0.25, -0.2) is 5.43 Å². The first kappa shape index (κ1) is 20.1. The Kier molecular flexibility index (Phi) is 5.01. The number of aryl methyl sites for hydroxylation is 2. The van der Waals surface area contributed by atoms with Crippen LogP contribution >= 0.6 is 11.8 Å². The van der Waals surface area contributed by atoms with E-state index >= 15 is 0 Å². The zero-order chi connectivity index (χ0) is 20.8. The van der Waals surface area contributed by atoms with Crippen LogP contribution in [-0.2, 0) is 4.79 Å². The number of para-hydroxylation sites is 1. The van der Waals surface area contributed by atoms with Gasteiger partial charge in [-0.15, -0.1) is 5.10 Å². The number of benzene rings is 1. The van der Waals surface area contributed by atoms with Crippen molar-refractivity contribution in [3.8, 4) is 5.69 Å². The zero-order valence-corrected chi connectivity index (χ0v) is 18.5. The fourth-order valence-corrected chi connectivity index (χ4v) is 5.61. The van der Waals surface area contributed by atoms with Crippen LogP contribution < -0.4 is 5.43 Å². The second-order valence-corrected chi connectivity index (χ2v) is 9.93. The van der Waals surface area contributed by atoms with Crippen molar-refractivity contribution in [2.45, 2.75) is 59.0 Å². The van der Waals surface area contributed by atoms with E-state index in [0.29, 0.717) is 11.1 Å². The predicted molar refractivity (Wildman–Crippen MR) is 114 cm³/mol. The molecule has 29 heavy (non-hydrogen) atoms. The van der Waals surface area contributed by atoms with Crippen LogP contribution in [0.5, 0.6) is 0 Å². The number of hydrogen-bond donors (Lipinski definition) is 1. The molecule has 1 amide bonds. The highest BCUT2D eigenvalue weighted by Crippen LogP contribution is 2.63. The maximum absolute atomic E-state index is 12.4. The van der Waals surface area contributed by atoms with Gasteiger partial charge in [-0.2, -0.15) is 9.78 Å². The molecule has 0 saturated heterocycles. The van der Waals surface area contributed by atoms with E-state index in [2.05, 4.69) is 46.8 Å². The number of hydrazone groups is 1. The molecule has 2 atom stereocenters. The number of amides is 1. The van der Waals surface area contributed by atoms with Gasteiger partial charge in [-0.05, 0) is 66.0 Å². The molecule has 2 fully saturated rings. The Morgan fingerprint density at radius 3 is 2.66 bits per heavy atom. The molecule has 154 valence electrons. The average Bonchev–Trinajstić information content (AvgIpc) is 3.26. The molecule has 2 bridgehead atoms. The van der Waals surface area contributed by atoms with Gasteiger partial charge in [-0.3, -0.25) is 4.79 Å². The fourth-order valence-electron chi connectivity index (χ4n) is 4.94. The Bertz CT molecular complexity index is 961. The number of rotatable bonds is 5. The molecule has 0 aliphatic heterocycles. The molecule has 1 heterocycles. The average molecular weight is 413 g/mol. The van der Waals surface area contributed by atoms with E-state index in [4.69, 9.17) is 0 Å². The van der Waals surface area contributed by atoms with Crippen molar-refractivity contribution in [1.82, 2.24) is 25.6 Å². The highest BCUT2D eigenvalue weighted by molar-refractivity contribution is 7.99. The van der Waals surface area contributed by atoms with E-state index in [1.54, 1.807) is 4.68 Å². The molecule has 2 aliphatic carbocycles. The van der Waals surface area contributed by atoms with Crippen LogP contribution in [0.15, 0.2) is 28.5 Å². The Morgan fingerprint density at radius 2 is 2.03 bits per heavy atom. The topological polar surface area (TPSA) is 85.1 Å². The molecule has 0 spiro atoms. The molecule has 0 radical (unpaired) electrons. The van der Waals surface area contributed by atoms with E-state index in [9.17, 15) is 4.79 Å². The molecule has 4 rings (SSSR count). The molecule has 2 unspecified atom stereocenters. The molecule has 1 N–H and O–H groups in total. The predicted octanol–water partition coefficient (Wildman–Crippen LogP) is 3.69. The standard InChI is InChI=1S/C21H28N6OS/c1-13-7-6-8-14(2)18(13)27-19(24-25-26-27)29-12-17(28)23-22-16-11-15-9-10-21(16,5)20(15,3)4/h6-8,15H,9-12H2,1-5H3,(H,23,28)/b22-16+. The van der Waals surface area contributed by atoms with E-state index in [1.165, 1.54) is 18.2 Å². The van der Waals surface area contributed by atoms with Crippen molar-refractivity contribution in [3.63, 3.8) is 0 Å². The second-order valence-electron chi connectivity index (χ2n) is 8.99. The summed E-state index contributed by atoms with van der Waals surface area (Å²) in [4.78, 5) is 12.4. The first-order valence-electron chi connectivity index (χ1n) is 10.1. The molecule has 1 aromatic heterocycles. The highest BCUT2D eigenvalue weighted by Gasteiger charge is 2.60. The third-order valence-electron chi connectivity index (χ3n) is 7.25. The number of tetrazole rings is 1. The smallest absolute Gasteiger partial charge is 0.250 e. The normalized spacial score (nSPS) is 26.2. The lowest BCUT2D eigenvalue weighted by Gasteiger charge is -2.34. The molecule has 2 saturated carbocycles.